The van der Waals surface area contributed by atoms with Gasteiger partial charge in [0, 0.05) is 0 Å². The van der Waals surface area contributed by atoms with E-state index in [1.165, 1.54) is 6.08 Å². The number of carbonyl (C=O) groups excluding carboxylic acids is 1. The van der Waals surface area contributed by atoms with E-state index >= 15 is 0 Å². The first-order valence-corrected chi connectivity index (χ1v) is 8.28. The number of benzene rings is 1. The number of aromatic nitrogens is 4. The molecule has 3 rings (SSSR count). The minimum Gasteiger partial charge on any atom is -0.497 e. The number of fused-ring (bicyclic) bond motifs is 1. The Morgan fingerprint density at radius 3 is 2.62 bits per heavy atom. The highest BCUT2D eigenvalue weighted by Crippen LogP contribution is 2.30. The molecule has 0 radical (unpaired) electrons. The predicted molar refractivity (Wildman–Crippen MR) is 97.4 cm³/mol. The van der Waals surface area contributed by atoms with E-state index in [2.05, 4.69) is 21.9 Å². The van der Waals surface area contributed by atoms with Gasteiger partial charge in [-0.25, -0.2) is 9.31 Å². The van der Waals surface area contributed by atoms with Crippen LogP contribution < -0.4 is 4.74 Å². The van der Waals surface area contributed by atoms with E-state index in [0.29, 0.717) is 11.3 Å². The predicted octanol–water partition coefficient (Wildman–Crippen LogP) is 3.01. The zero-order valence-corrected chi connectivity index (χ0v) is 15.0. The summed E-state index contributed by atoms with van der Waals surface area (Å²) < 4.78 is 11.9. The molecule has 0 amide bonds. The summed E-state index contributed by atoms with van der Waals surface area (Å²) in [7, 11) is 1.63. The number of esters is 1. The molecule has 0 aliphatic heterocycles. The maximum absolute atomic E-state index is 12.1. The second-order valence-electron chi connectivity index (χ2n) is 5.66. The summed E-state index contributed by atoms with van der Waals surface area (Å²) in [6, 6.07) is 7.69. The third-order valence-corrected chi connectivity index (χ3v) is 4.08. The molecule has 0 fully saturated rings. The van der Waals surface area contributed by atoms with Crippen molar-refractivity contribution >= 4 is 11.6 Å². The molecule has 0 saturated carbocycles. The second-order valence-corrected chi connectivity index (χ2v) is 5.66. The van der Waals surface area contributed by atoms with Gasteiger partial charge in [-0.1, -0.05) is 31.7 Å². The van der Waals surface area contributed by atoms with Gasteiger partial charge >= 0.3 is 5.97 Å². The van der Waals surface area contributed by atoms with Gasteiger partial charge in [-0.3, -0.25) is 0 Å². The maximum atomic E-state index is 12.1. The largest absolute Gasteiger partial charge is 0.497 e. The van der Waals surface area contributed by atoms with Gasteiger partial charge < -0.3 is 9.47 Å². The highest BCUT2D eigenvalue weighted by molar-refractivity contribution is 5.89. The Morgan fingerprint density at radius 2 is 2.00 bits per heavy atom. The number of carbonyl (C=O) groups is 1. The first-order chi connectivity index (χ1) is 12.6. The number of methoxy groups -OCH3 is 1. The quantitative estimate of drug-likeness (QED) is 0.501. The minimum atomic E-state index is -0.545. The zero-order chi connectivity index (χ0) is 18.7. The molecule has 7 heteroatoms. The normalized spacial score (nSPS) is 10.7. The Balaban J connectivity index is 2.13. The van der Waals surface area contributed by atoms with Crippen LogP contribution in [0.4, 0.5) is 0 Å². The third-order valence-electron chi connectivity index (χ3n) is 4.08. The van der Waals surface area contributed by atoms with E-state index in [4.69, 9.17) is 9.47 Å². The molecule has 2 aromatic heterocycles. The van der Waals surface area contributed by atoms with Crippen LogP contribution in [0.2, 0.25) is 0 Å². The van der Waals surface area contributed by atoms with Gasteiger partial charge in [0.25, 0.3) is 0 Å². The van der Waals surface area contributed by atoms with Crippen molar-refractivity contribution in [3.8, 4) is 16.9 Å². The van der Waals surface area contributed by atoms with Crippen LogP contribution in [0, 0.1) is 6.92 Å². The monoisotopic (exact) mass is 352 g/mol. The number of hydrogen-bond acceptors (Lipinski definition) is 6. The molecule has 0 spiro atoms. The summed E-state index contributed by atoms with van der Waals surface area (Å²) in [5.41, 5.74) is 4.07. The third kappa shape index (κ3) is 3.03. The van der Waals surface area contributed by atoms with Gasteiger partial charge in [-0.15, -0.1) is 10.2 Å². The topological polar surface area (TPSA) is 78.6 Å². The van der Waals surface area contributed by atoms with Crippen LogP contribution in [0.15, 0.2) is 36.9 Å². The van der Waals surface area contributed by atoms with E-state index in [0.717, 1.165) is 29.0 Å². The van der Waals surface area contributed by atoms with E-state index in [1.54, 1.807) is 18.5 Å². The fourth-order valence-electron chi connectivity index (χ4n) is 2.74. The molecule has 0 aliphatic carbocycles. The molecule has 1 aromatic carbocycles. The van der Waals surface area contributed by atoms with Gasteiger partial charge in [0.15, 0.2) is 11.3 Å². The van der Waals surface area contributed by atoms with Gasteiger partial charge in [-0.2, -0.15) is 5.10 Å². The summed E-state index contributed by atoms with van der Waals surface area (Å²) in [5.74, 6) is 0.231. The lowest BCUT2D eigenvalue weighted by Gasteiger charge is -2.06. The molecule has 7 nitrogen and oxygen atoms in total. The fourth-order valence-corrected chi connectivity index (χ4v) is 2.74. The van der Waals surface area contributed by atoms with E-state index < -0.39 is 5.97 Å². The molecule has 2 heterocycles. The number of aryl methyl sites for hydroxylation is 2. The lowest BCUT2D eigenvalue weighted by Crippen LogP contribution is -2.14. The summed E-state index contributed by atoms with van der Waals surface area (Å²) in [5, 5.41) is 13.0. The molecule has 0 saturated heterocycles. The Kier molecular flexibility index (Phi) is 4.97. The summed E-state index contributed by atoms with van der Waals surface area (Å²) in [6.07, 6.45) is 2.23. The molecule has 0 N–H and O–H groups in total. The molecule has 134 valence electrons. The zero-order valence-electron chi connectivity index (χ0n) is 15.0. The molecule has 0 unspecified atom stereocenters. The van der Waals surface area contributed by atoms with Crippen molar-refractivity contribution in [3.63, 3.8) is 0 Å². The molecule has 3 aromatic rings. The first kappa shape index (κ1) is 17.6. The first-order valence-electron chi connectivity index (χ1n) is 8.28. The SMILES string of the molecule is C=CCOC(=O)c1nnc2c(-c3ccc(OC)cc3)c(CC)nn2c1C. The van der Waals surface area contributed by atoms with Crippen molar-refractivity contribution in [2.75, 3.05) is 13.7 Å². The molecule has 0 bridgehead atoms. The van der Waals surface area contributed by atoms with Crippen molar-refractivity contribution in [1.82, 2.24) is 19.8 Å². The molecule has 26 heavy (non-hydrogen) atoms. The highest BCUT2D eigenvalue weighted by Gasteiger charge is 2.21. The summed E-state index contributed by atoms with van der Waals surface area (Å²) >= 11 is 0. The van der Waals surface area contributed by atoms with Crippen LogP contribution in [0.1, 0.15) is 28.8 Å². The molecular weight excluding hydrogens is 332 g/mol. The van der Waals surface area contributed by atoms with Gasteiger partial charge in [-0.05, 0) is 31.0 Å². The van der Waals surface area contributed by atoms with Gasteiger partial charge in [0.1, 0.15) is 12.4 Å². The Morgan fingerprint density at radius 1 is 1.27 bits per heavy atom. The van der Waals surface area contributed by atoms with Crippen LogP contribution in [-0.4, -0.2) is 39.5 Å². The smallest absolute Gasteiger partial charge is 0.361 e. The van der Waals surface area contributed by atoms with Crippen LogP contribution in [-0.2, 0) is 11.2 Å². The van der Waals surface area contributed by atoms with Crippen molar-refractivity contribution < 1.29 is 14.3 Å². The van der Waals surface area contributed by atoms with E-state index in [9.17, 15) is 4.79 Å². The fraction of sp³-hybridized carbons (Fsp3) is 0.263. The average molecular weight is 352 g/mol. The lowest BCUT2D eigenvalue weighted by molar-refractivity contribution is 0.0539. The number of hydrogen-bond donors (Lipinski definition) is 0. The Labute approximate surface area is 151 Å². The van der Waals surface area contributed by atoms with Gasteiger partial charge in [0.05, 0.1) is 24.1 Å². The Bertz CT molecular complexity index is 961. The van der Waals surface area contributed by atoms with Crippen molar-refractivity contribution in [2.24, 2.45) is 0 Å². The molecular formula is C19H20N4O3. The molecule has 0 aliphatic rings. The van der Waals surface area contributed by atoms with Crippen LogP contribution in [0.3, 0.4) is 0 Å². The highest BCUT2D eigenvalue weighted by atomic mass is 16.5. The number of ether oxygens (including phenoxy) is 2. The van der Waals surface area contributed by atoms with Crippen LogP contribution in [0.25, 0.3) is 16.8 Å². The molecule has 0 atom stereocenters. The minimum absolute atomic E-state index is 0.119. The summed E-state index contributed by atoms with van der Waals surface area (Å²) in [6.45, 7) is 7.45. The van der Waals surface area contributed by atoms with E-state index in [-0.39, 0.29) is 12.3 Å². The van der Waals surface area contributed by atoms with Gasteiger partial charge in [0.2, 0.25) is 0 Å². The van der Waals surface area contributed by atoms with Crippen molar-refractivity contribution in [1.29, 1.82) is 0 Å². The lowest BCUT2D eigenvalue weighted by atomic mass is 10.0. The standard InChI is InChI=1S/C19H20N4O3/c1-5-11-26-19(24)17-12(3)23-18(21-20-17)16(15(6-2)22-23)13-7-9-14(25-4)10-8-13/h5,7-10H,1,6,11H2,2-4H3. The second kappa shape index (κ2) is 7.35. The summed E-state index contributed by atoms with van der Waals surface area (Å²) in [4.78, 5) is 12.1. The average Bonchev–Trinajstić information content (AvgIpc) is 3.06. The number of rotatable bonds is 6. The Hall–Kier alpha value is -3.22. The van der Waals surface area contributed by atoms with Crippen LogP contribution >= 0.6 is 0 Å². The van der Waals surface area contributed by atoms with Crippen LogP contribution in [0.5, 0.6) is 5.75 Å². The number of nitrogens with zero attached hydrogens (tertiary/aromatic N) is 4. The maximum Gasteiger partial charge on any atom is 0.361 e. The van der Waals surface area contributed by atoms with Crippen molar-refractivity contribution in [3.05, 3.63) is 54.0 Å². The van der Waals surface area contributed by atoms with E-state index in [1.807, 2.05) is 31.2 Å². The van der Waals surface area contributed by atoms with Crippen molar-refractivity contribution in [2.45, 2.75) is 20.3 Å².